The molecule has 2 aromatic heterocycles. The standard InChI is InChI=1S/C14H17N3OS/c1-8-9(2)19-14-12(8)13(15-10(3)16-14)17-6-4-11(18)5-7-17/h4-7H2,1-3H3. The average Bonchev–Trinajstić information content (AvgIpc) is 2.65. The Bertz CT molecular complexity index is 652. The minimum Gasteiger partial charge on any atom is -0.355 e. The number of thiophene rings is 1. The Balaban J connectivity index is 2.14. The van der Waals surface area contributed by atoms with Crippen molar-refractivity contribution >= 4 is 33.2 Å². The smallest absolute Gasteiger partial charge is 0.141 e. The van der Waals surface area contributed by atoms with E-state index in [0.29, 0.717) is 18.6 Å². The average molecular weight is 275 g/mol. The summed E-state index contributed by atoms with van der Waals surface area (Å²) in [4.78, 5) is 25.2. The Hall–Kier alpha value is -1.49. The van der Waals surface area contributed by atoms with Gasteiger partial charge in [-0.15, -0.1) is 11.3 Å². The van der Waals surface area contributed by atoms with Crippen LogP contribution in [0.3, 0.4) is 0 Å². The number of carbonyl (C=O) groups is 1. The molecule has 3 heterocycles. The maximum Gasteiger partial charge on any atom is 0.141 e. The molecule has 1 aliphatic rings. The second-order valence-corrected chi connectivity index (χ2v) is 6.29. The molecule has 0 amide bonds. The number of aryl methyl sites for hydroxylation is 3. The molecule has 19 heavy (non-hydrogen) atoms. The fourth-order valence-corrected chi connectivity index (χ4v) is 3.60. The van der Waals surface area contributed by atoms with E-state index in [1.807, 2.05) is 6.92 Å². The van der Waals surface area contributed by atoms with Crippen molar-refractivity contribution in [3.8, 4) is 0 Å². The highest BCUT2D eigenvalue weighted by Gasteiger charge is 2.22. The Kier molecular flexibility index (Phi) is 3.01. The summed E-state index contributed by atoms with van der Waals surface area (Å²) in [6.07, 6.45) is 1.26. The van der Waals surface area contributed by atoms with Gasteiger partial charge in [0.1, 0.15) is 22.3 Å². The minimum absolute atomic E-state index is 0.358. The molecule has 3 rings (SSSR count). The number of ketones is 1. The van der Waals surface area contributed by atoms with E-state index in [1.54, 1.807) is 11.3 Å². The first kappa shape index (κ1) is 12.5. The SMILES string of the molecule is Cc1nc(N2CCC(=O)CC2)c2c(C)c(C)sc2n1. The summed E-state index contributed by atoms with van der Waals surface area (Å²) >= 11 is 1.73. The van der Waals surface area contributed by atoms with Gasteiger partial charge in [-0.05, 0) is 26.3 Å². The van der Waals surface area contributed by atoms with E-state index in [4.69, 9.17) is 0 Å². The zero-order chi connectivity index (χ0) is 13.6. The van der Waals surface area contributed by atoms with Crippen LogP contribution >= 0.6 is 11.3 Å². The van der Waals surface area contributed by atoms with Gasteiger partial charge in [0.25, 0.3) is 0 Å². The first-order valence-corrected chi connectivity index (χ1v) is 7.39. The number of rotatable bonds is 1. The Morgan fingerprint density at radius 3 is 2.47 bits per heavy atom. The van der Waals surface area contributed by atoms with Crippen LogP contribution in [0.5, 0.6) is 0 Å². The third-order valence-electron chi connectivity index (χ3n) is 3.74. The van der Waals surface area contributed by atoms with Crippen molar-refractivity contribution in [1.29, 1.82) is 0 Å². The molecule has 0 N–H and O–H groups in total. The van der Waals surface area contributed by atoms with E-state index in [2.05, 4.69) is 28.7 Å². The predicted molar refractivity (Wildman–Crippen MR) is 78.1 cm³/mol. The number of carbonyl (C=O) groups excluding carboxylic acids is 1. The summed E-state index contributed by atoms with van der Waals surface area (Å²) in [5.41, 5.74) is 1.27. The van der Waals surface area contributed by atoms with Crippen molar-refractivity contribution in [2.45, 2.75) is 33.6 Å². The van der Waals surface area contributed by atoms with Crippen LogP contribution < -0.4 is 4.90 Å². The van der Waals surface area contributed by atoms with Crippen molar-refractivity contribution in [3.63, 3.8) is 0 Å². The van der Waals surface area contributed by atoms with E-state index >= 15 is 0 Å². The lowest BCUT2D eigenvalue weighted by Crippen LogP contribution is -2.34. The maximum atomic E-state index is 11.4. The summed E-state index contributed by atoms with van der Waals surface area (Å²) in [5, 5.41) is 1.17. The van der Waals surface area contributed by atoms with E-state index in [9.17, 15) is 4.79 Å². The number of hydrogen-bond donors (Lipinski definition) is 0. The van der Waals surface area contributed by atoms with Gasteiger partial charge in [0.15, 0.2) is 0 Å². The van der Waals surface area contributed by atoms with Crippen LogP contribution in [-0.2, 0) is 4.79 Å². The van der Waals surface area contributed by atoms with E-state index in [-0.39, 0.29) is 0 Å². The Morgan fingerprint density at radius 1 is 1.11 bits per heavy atom. The van der Waals surface area contributed by atoms with Crippen molar-refractivity contribution in [2.24, 2.45) is 0 Å². The number of fused-ring (bicyclic) bond motifs is 1. The topological polar surface area (TPSA) is 46.1 Å². The van der Waals surface area contributed by atoms with Gasteiger partial charge in [-0.2, -0.15) is 0 Å². The quantitative estimate of drug-likeness (QED) is 0.803. The Morgan fingerprint density at radius 2 is 1.79 bits per heavy atom. The van der Waals surface area contributed by atoms with E-state index in [0.717, 1.165) is 29.6 Å². The highest BCUT2D eigenvalue weighted by Crippen LogP contribution is 2.35. The normalized spacial score (nSPS) is 16.4. The van der Waals surface area contributed by atoms with Crippen LogP contribution in [-0.4, -0.2) is 28.8 Å². The number of piperidine rings is 1. The van der Waals surface area contributed by atoms with E-state index in [1.165, 1.54) is 15.8 Å². The first-order valence-electron chi connectivity index (χ1n) is 6.57. The first-order chi connectivity index (χ1) is 9.06. The molecule has 0 atom stereocenters. The molecule has 1 aliphatic heterocycles. The number of nitrogens with zero attached hydrogens (tertiary/aromatic N) is 3. The van der Waals surface area contributed by atoms with Gasteiger partial charge in [0, 0.05) is 30.8 Å². The minimum atomic E-state index is 0.358. The monoisotopic (exact) mass is 275 g/mol. The molecule has 4 nitrogen and oxygen atoms in total. The number of aromatic nitrogens is 2. The van der Waals surface area contributed by atoms with Gasteiger partial charge in [-0.25, -0.2) is 9.97 Å². The highest BCUT2D eigenvalue weighted by atomic mass is 32.1. The fourth-order valence-electron chi connectivity index (χ4n) is 2.53. The lowest BCUT2D eigenvalue weighted by molar-refractivity contribution is -0.119. The fraction of sp³-hybridized carbons (Fsp3) is 0.500. The lowest BCUT2D eigenvalue weighted by atomic mass is 10.1. The van der Waals surface area contributed by atoms with Gasteiger partial charge >= 0.3 is 0 Å². The summed E-state index contributed by atoms with van der Waals surface area (Å²) in [5.74, 6) is 2.17. The number of anilines is 1. The highest BCUT2D eigenvalue weighted by molar-refractivity contribution is 7.18. The van der Waals surface area contributed by atoms with Crippen molar-refractivity contribution in [1.82, 2.24) is 9.97 Å². The number of Topliss-reactive ketones (excluding diaryl/α,β-unsaturated/α-hetero) is 1. The molecule has 0 saturated carbocycles. The largest absolute Gasteiger partial charge is 0.355 e. The molecule has 0 radical (unpaired) electrons. The molecule has 0 aromatic carbocycles. The molecule has 0 unspecified atom stereocenters. The van der Waals surface area contributed by atoms with Crippen LogP contribution in [0.4, 0.5) is 5.82 Å². The lowest BCUT2D eigenvalue weighted by Gasteiger charge is -2.28. The van der Waals surface area contributed by atoms with Crippen molar-refractivity contribution < 1.29 is 4.79 Å². The summed E-state index contributed by atoms with van der Waals surface area (Å²) < 4.78 is 0. The molecule has 0 aliphatic carbocycles. The molecular weight excluding hydrogens is 258 g/mol. The van der Waals surface area contributed by atoms with Gasteiger partial charge in [-0.3, -0.25) is 4.79 Å². The number of hydrogen-bond acceptors (Lipinski definition) is 5. The van der Waals surface area contributed by atoms with E-state index < -0.39 is 0 Å². The van der Waals surface area contributed by atoms with Gasteiger partial charge in [0.2, 0.25) is 0 Å². The molecule has 0 spiro atoms. The second-order valence-electron chi connectivity index (χ2n) is 5.08. The predicted octanol–water partition coefficient (Wildman–Crippen LogP) is 2.79. The zero-order valence-corrected chi connectivity index (χ0v) is 12.3. The zero-order valence-electron chi connectivity index (χ0n) is 11.5. The van der Waals surface area contributed by atoms with Crippen LogP contribution in [0.1, 0.15) is 29.1 Å². The third-order valence-corrected chi connectivity index (χ3v) is 4.84. The molecule has 1 saturated heterocycles. The Labute approximate surface area is 116 Å². The molecule has 2 aromatic rings. The van der Waals surface area contributed by atoms with Crippen LogP contribution in [0.25, 0.3) is 10.2 Å². The van der Waals surface area contributed by atoms with Gasteiger partial charge in [-0.1, -0.05) is 0 Å². The molecule has 0 bridgehead atoms. The van der Waals surface area contributed by atoms with Crippen molar-refractivity contribution in [3.05, 3.63) is 16.3 Å². The maximum absolute atomic E-state index is 11.4. The molecule has 1 fully saturated rings. The molecular formula is C14H17N3OS. The summed E-state index contributed by atoms with van der Waals surface area (Å²) in [7, 11) is 0. The second kappa shape index (κ2) is 4.56. The van der Waals surface area contributed by atoms with Gasteiger partial charge < -0.3 is 4.90 Å². The molecule has 5 heteroatoms. The van der Waals surface area contributed by atoms with Crippen LogP contribution in [0, 0.1) is 20.8 Å². The molecule has 100 valence electrons. The van der Waals surface area contributed by atoms with Crippen LogP contribution in [0.2, 0.25) is 0 Å². The van der Waals surface area contributed by atoms with Crippen LogP contribution in [0.15, 0.2) is 0 Å². The third kappa shape index (κ3) is 2.12. The van der Waals surface area contributed by atoms with Crippen molar-refractivity contribution in [2.75, 3.05) is 18.0 Å². The summed E-state index contributed by atoms with van der Waals surface area (Å²) in [6.45, 7) is 7.74. The summed E-state index contributed by atoms with van der Waals surface area (Å²) in [6, 6.07) is 0. The van der Waals surface area contributed by atoms with Gasteiger partial charge in [0.05, 0.1) is 5.39 Å².